The predicted octanol–water partition coefficient (Wildman–Crippen LogP) is 4.06. The van der Waals surface area contributed by atoms with Crippen molar-refractivity contribution in [2.24, 2.45) is 0 Å². The summed E-state index contributed by atoms with van der Waals surface area (Å²) in [6, 6.07) is 8.83. The largest absolute Gasteiger partial charge is 0.491 e. The Morgan fingerprint density at radius 1 is 1.13 bits per heavy atom. The Hall–Kier alpha value is -2.59. The highest BCUT2D eigenvalue weighted by Gasteiger charge is 2.31. The molecule has 2 rings (SSSR count). The first-order valence-electron chi connectivity index (χ1n) is 9.12. The van der Waals surface area contributed by atoms with Crippen molar-refractivity contribution in [3.05, 3.63) is 53.6 Å². The number of carbonyl (C=O) groups is 1. The molecule has 0 fully saturated rings. The third kappa shape index (κ3) is 5.96. The Labute approximate surface area is 173 Å². The number of rotatable bonds is 8. The summed E-state index contributed by atoms with van der Waals surface area (Å²) in [5, 5.41) is 2.33. The number of hydrogen-bond acceptors (Lipinski definition) is 4. The number of nitrogens with one attached hydrogen (secondary N) is 1. The van der Waals surface area contributed by atoms with Crippen molar-refractivity contribution < 1.29 is 31.1 Å². The SMILES string of the molecule is CCCOc1ccc(C(F)(F)F)cc1NC(=O)CN(C)S(=O)(=O)c1ccc(C)cc1. The standard InChI is InChI=1S/C20H23F3N2O4S/c1-4-11-29-18-10-7-15(20(21,22)23)12-17(18)24-19(26)13-25(3)30(27,28)16-8-5-14(2)6-9-16/h5-10,12H,4,11,13H2,1-3H3,(H,24,26). The van der Waals surface area contributed by atoms with E-state index in [1.807, 2.05) is 6.92 Å². The average molecular weight is 444 g/mol. The van der Waals surface area contributed by atoms with Gasteiger partial charge in [-0.25, -0.2) is 8.42 Å². The van der Waals surface area contributed by atoms with E-state index < -0.39 is 34.2 Å². The number of hydrogen-bond donors (Lipinski definition) is 1. The number of nitrogens with zero attached hydrogens (tertiary/aromatic N) is 1. The van der Waals surface area contributed by atoms with Crippen molar-refractivity contribution in [2.45, 2.75) is 31.3 Å². The van der Waals surface area contributed by atoms with E-state index in [-0.39, 0.29) is 22.9 Å². The van der Waals surface area contributed by atoms with E-state index in [1.165, 1.54) is 19.2 Å². The predicted molar refractivity (Wildman–Crippen MR) is 107 cm³/mol. The van der Waals surface area contributed by atoms with E-state index in [0.29, 0.717) is 6.42 Å². The van der Waals surface area contributed by atoms with Gasteiger partial charge in [-0.1, -0.05) is 24.6 Å². The first-order valence-corrected chi connectivity index (χ1v) is 10.6. The van der Waals surface area contributed by atoms with Gasteiger partial charge in [0.15, 0.2) is 0 Å². The molecule has 164 valence electrons. The molecule has 0 bridgehead atoms. The number of likely N-dealkylation sites (N-methyl/N-ethyl adjacent to an activating group) is 1. The molecule has 0 saturated heterocycles. The number of carbonyl (C=O) groups excluding carboxylic acids is 1. The second-order valence-electron chi connectivity index (χ2n) is 6.68. The van der Waals surface area contributed by atoms with E-state index >= 15 is 0 Å². The Balaban J connectivity index is 2.20. The molecule has 0 aromatic heterocycles. The number of benzene rings is 2. The number of halogens is 3. The zero-order valence-electron chi connectivity index (χ0n) is 16.8. The van der Waals surface area contributed by atoms with E-state index in [2.05, 4.69) is 5.32 Å². The van der Waals surface area contributed by atoms with Crippen molar-refractivity contribution in [3.8, 4) is 5.75 Å². The van der Waals surface area contributed by atoms with Crippen LogP contribution in [0.1, 0.15) is 24.5 Å². The molecule has 2 aromatic rings. The van der Waals surface area contributed by atoms with Crippen LogP contribution in [-0.4, -0.2) is 38.8 Å². The smallest absolute Gasteiger partial charge is 0.416 e. The summed E-state index contributed by atoms with van der Waals surface area (Å²) in [7, 11) is -2.72. The molecule has 6 nitrogen and oxygen atoms in total. The van der Waals surface area contributed by atoms with Crippen LogP contribution >= 0.6 is 0 Å². The molecular weight excluding hydrogens is 421 g/mol. The van der Waals surface area contributed by atoms with Gasteiger partial charge in [-0.05, 0) is 43.7 Å². The van der Waals surface area contributed by atoms with Gasteiger partial charge in [0.05, 0.1) is 29.3 Å². The molecule has 0 aliphatic heterocycles. The van der Waals surface area contributed by atoms with Crippen LogP contribution in [0, 0.1) is 6.92 Å². The molecule has 30 heavy (non-hydrogen) atoms. The quantitative estimate of drug-likeness (QED) is 0.666. The number of ether oxygens (including phenoxy) is 1. The molecule has 0 atom stereocenters. The number of amides is 1. The molecule has 0 aliphatic rings. The third-order valence-corrected chi connectivity index (χ3v) is 5.96. The fourth-order valence-corrected chi connectivity index (χ4v) is 3.64. The number of alkyl halides is 3. The lowest BCUT2D eigenvalue weighted by Crippen LogP contribution is -2.35. The van der Waals surface area contributed by atoms with Crippen molar-refractivity contribution in [1.29, 1.82) is 0 Å². The molecular formula is C20H23F3N2O4S. The highest BCUT2D eigenvalue weighted by molar-refractivity contribution is 7.89. The second kappa shape index (κ2) is 9.48. The maximum atomic E-state index is 13.0. The number of anilines is 1. The van der Waals surface area contributed by atoms with Crippen LogP contribution in [0.5, 0.6) is 5.75 Å². The lowest BCUT2D eigenvalue weighted by atomic mass is 10.1. The first-order chi connectivity index (χ1) is 13.9. The molecule has 0 aliphatic carbocycles. The summed E-state index contributed by atoms with van der Waals surface area (Å²) < 4.78 is 70.5. The fraction of sp³-hybridized carbons (Fsp3) is 0.350. The Morgan fingerprint density at radius 3 is 2.33 bits per heavy atom. The summed E-state index contributed by atoms with van der Waals surface area (Å²) in [5.74, 6) is -0.726. The number of aryl methyl sites for hydroxylation is 1. The molecule has 1 N–H and O–H groups in total. The van der Waals surface area contributed by atoms with Gasteiger partial charge in [0, 0.05) is 7.05 Å². The minimum atomic E-state index is -4.60. The zero-order valence-corrected chi connectivity index (χ0v) is 17.6. The summed E-state index contributed by atoms with van der Waals surface area (Å²) >= 11 is 0. The van der Waals surface area contributed by atoms with Crippen LogP contribution < -0.4 is 10.1 Å². The van der Waals surface area contributed by atoms with E-state index in [4.69, 9.17) is 4.74 Å². The van der Waals surface area contributed by atoms with Gasteiger partial charge in [0.1, 0.15) is 5.75 Å². The fourth-order valence-electron chi connectivity index (χ4n) is 2.51. The Bertz CT molecular complexity index is 990. The van der Waals surface area contributed by atoms with Gasteiger partial charge in [-0.3, -0.25) is 4.79 Å². The van der Waals surface area contributed by atoms with Crippen molar-refractivity contribution in [1.82, 2.24) is 4.31 Å². The van der Waals surface area contributed by atoms with Crippen LogP contribution in [0.2, 0.25) is 0 Å². The molecule has 0 unspecified atom stereocenters. The minimum absolute atomic E-state index is 0.00874. The maximum absolute atomic E-state index is 13.0. The monoisotopic (exact) mass is 444 g/mol. The van der Waals surface area contributed by atoms with Crippen LogP contribution in [0.4, 0.5) is 18.9 Å². The molecule has 0 radical (unpaired) electrons. The van der Waals surface area contributed by atoms with Gasteiger partial charge in [-0.15, -0.1) is 0 Å². The summed E-state index contributed by atoms with van der Waals surface area (Å²) in [6.07, 6.45) is -3.99. The normalized spacial score (nSPS) is 12.1. The van der Waals surface area contributed by atoms with Gasteiger partial charge in [0.25, 0.3) is 0 Å². The van der Waals surface area contributed by atoms with Crippen LogP contribution in [-0.2, 0) is 21.0 Å². The molecule has 10 heteroatoms. The van der Waals surface area contributed by atoms with Crippen molar-refractivity contribution in [3.63, 3.8) is 0 Å². The zero-order chi connectivity index (χ0) is 22.5. The Morgan fingerprint density at radius 2 is 1.77 bits per heavy atom. The van der Waals surface area contributed by atoms with Crippen LogP contribution in [0.15, 0.2) is 47.4 Å². The third-order valence-electron chi connectivity index (χ3n) is 4.14. The maximum Gasteiger partial charge on any atom is 0.416 e. The van der Waals surface area contributed by atoms with Crippen molar-refractivity contribution in [2.75, 3.05) is 25.5 Å². The molecule has 1 amide bonds. The van der Waals surface area contributed by atoms with Gasteiger partial charge < -0.3 is 10.1 Å². The van der Waals surface area contributed by atoms with Crippen LogP contribution in [0.25, 0.3) is 0 Å². The number of sulfonamides is 1. The lowest BCUT2D eigenvalue weighted by Gasteiger charge is -2.19. The molecule has 0 saturated carbocycles. The van der Waals surface area contributed by atoms with Crippen LogP contribution in [0.3, 0.4) is 0 Å². The molecule has 2 aromatic carbocycles. The van der Waals surface area contributed by atoms with E-state index in [0.717, 1.165) is 28.1 Å². The van der Waals surface area contributed by atoms with E-state index in [1.54, 1.807) is 19.1 Å². The lowest BCUT2D eigenvalue weighted by molar-refractivity contribution is -0.137. The highest BCUT2D eigenvalue weighted by atomic mass is 32.2. The summed E-state index contributed by atoms with van der Waals surface area (Å²) in [5.41, 5.74) is -0.259. The first kappa shape index (κ1) is 23.7. The topological polar surface area (TPSA) is 75.7 Å². The summed E-state index contributed by atoms with van der Waals surface area (Å²) in [4.78, 5) is 12.4. The van der Waals surface area contributed by atoms with Crippen molar-refractivity contribution >= 4 is 21.6 Å². The van der Waals surface area contributed by atoms with Gasteiger partial charge >= 0.3 is 6.18 Å². The summed E-state index contributed by atoms with van der Waals surface area (Å²) in [6.45, 7) is 3.30. The van der Waals surface area contributed by atoms with E-state index in [9.17, 15) is 26.4 Å². The van der Waals surface area contributed by atoms with Gasteiger partial charge in [-0.2, -0.15) is 17.5 Å². The Kier molecular flexibility index (Phi) is 7.49. The molecule has 0 heterocycles. The minimum Gasteiger partial charge on any atom is -0.491 e. The molecule has 0 spiro atoms. The highest BCUT2D eigenvalue weighted by Crippen LogP contribution is 2.35. The second-order valence-corrected chi connectivity index (χ2v) is 8.72. The average Bonchev–Trinajstić information content (AvgIpc) is 2.66. The van der Waals surface area contributed by atoms with Gasteiger partial charge in [0.2, 0.25) is 15.9 Å².